The SMILES string of the molecule is CC1(C)C2CCC1(C)C(O)(CC1CO1)C2. The normalized spacial score (nSPS) is 56.0. The van der Waals surface area contributed by atoms with Crippen LogP contribution < -0.4 is 0 Å². The molecule has 2 heteroatoms. The Labute approximate surface area is 92.0 Å². The van der Waals surface area contributed by atoms with Gasteiger partial charge in [0.05, 0.1) is 18.3 Å². The predicted octanol–water partition coefficient (Wildman–Crippen LogP) is 2.35. The van der Waals surface area contributed by atoms with Gasteiger partial charge in [0.2, 0.25) is 0 Å². The van der Waals surface area contributed by atoms with E-state index in [1.54, 1.807) is 0 Å². The van der Waals surface area contributed by atoms with Gasteiger partial charge in [-0.25, -0.2) is 0 Å². The van der Waals surface area contributed by atoms with Crippen molar-refractivity contribution in [2.24, 2.45) is 16.7 Å². The fourth-order valence-electron chi connectivity index (χ4n) is 4.29. The summed E-state index contributed by atoms with van der Waals surface area (Å²) < 4.78 is 5.30. The van der Waals surface area contributed by atoms with Gasteiger partial charge in [0.25, 0.3) is 0 Å². The molecule has 1 N–H and O–H groups in total. The van der Waals surface area contributed by atoms with Crippen LogP contribution in [-0.4, -0.2) is 23.4 Å². The molecular weight excluding hydrogens is 188 g/mol. The zero-order valence-corrected chi connectivity index (χ0v) is 10.0. The number of aliphatic hydroxyl groups is 1. The van der Waals surface area contributed by atoms with Crippen molar-refractivity contribution in [3.63, 3.8) is 0 Å². The van der Waals surface area contributed by atoms with Crippen LogP contribution >= 0.6 is 0 Å². The largest absolute Gasteiger partial charge is 0.389 e. The number of hydrogen-bond acceptors (Lipinski definition) is 2. The van der Waals surface area contributed by atoms with Crippen LogP contribution in [0.1, 0.15) is 46.5 Å². The van der Waals surface area contributed by atoms with Gasteiger partial charge in [-0.3, -0.25) is 0 Å². The van der Waals surface area contributed by atoms with E-state index in [4.69, 9.17) is 4.74 Å². The summed E-state index contributed by atoms with van der Waals surface area (Å²) in [6.07, 6.45) is 4.70. The minimum atomic E-state index is -0.458. The summed E-state index contributed by atoms with van der Waals surface area (Å²) in [5, 5.41) is 10.9. The van der Waals surface area contributed by atoms with E-state index in [1.165, 1.54) is 12.8 Å². The van der Waals surface area contributed by atoms with E-state index >= 15 is 0 Å². The van der Waals surface area contributed by atoms with E-state index in [2.05, 4.69) is 20.8 Å². The fourth-order valence-corrected chi connectivity index (χ4v) is 4.29. The number of rotatable bonds is 2. The van der Waals surface area contributed by atoms with Crippen molar-refractivity contribution in [3.05, 3.63) is 0 Å². The minimum Gasteiger partial charge on any atom is -0.389 e. The molecule has 4 unspecified atom stereocenters. The first kappa shape index (κ1) is 10.1. The van der Waals surface area contributed by atoms with Gasteiger partial charge in [0.15, 0.2) is 0 Å². The van der Waals surface area contributed by atoms with Crippen LogP contribution in [0.5, 0.6) is 0 Å². The lowest BCUT2D eigenvalue weighted by Gasteiger charge is -2.45. The molecule has 0 aromatic rings. The maximum Gasteiger partial charge on any atom is 0.0837 e. The van der Waals surface area contributed by atoms with E-state index in [0.29, 0.717) is 17.4 Å². The summed E-state index contributed by atoms with van der Waals surface area (Å²) in [7, 11) is 0. The molecule has 86 valence electrons. The van der Waals surface area contributed by atoms with Gasteiger partial charge < -0.3 is 9.84 Å². The van der Waals surface area contributed by atoms with Gasteiger partial charge in [-0.1, -0.05) is 20.8 Å². The van der Waals surface area contributed by atoms with Crippen molar-refractivity contribution in [1.29, 1.82) is 0 Å². The molecule has 2 aliphatic carbocycles. The lowest BCUT2D eigenvalue weighted by molar-refractivity contribution is -0.0980. The second-order valence-electron chi connectivity index (χ2n) is 6.68. The Bertz CT molecular complexity index is 295. The lowest BCUT2D eigenvalue weighted by atomic mass is 9.63. The molecule has 3 rings (SSSR count). The second kappa shape index (κ2) is 2.60. The molecule has 0 aromatic heterocycles. The number of ether oxygens (including phenoxy) is 1. The topological polar surface area (TPSA) is 32.8 Å². The highest BCUT2D eigenvalue weighted by Gasteiger charge is 2.68. The molecule has 15 heavy (non-hydrogen) atoms. The van der Waals surface area contributed by atoms with Crippen molar-refractivity contribution in [1.82, 2.24) is 0 Å². The standard InChI is InChI=1S/C13H22O2/c1-11(2)9-4-5-12(11,3)13(14,6-9)7-10-8-15-10/h9-10,14H,4-8H2,1-3H3. The van der Waals surface area contributed by atoms with Crippen molar-refractivity contribution in [2.75, 3.05) is 6.61 Å². The van der Waals surface area contributed by atoms with Crippen LogP contribution in [0.3, 0.4) is 0 Å². The highest BCUT2D eigenvalue weighted by atomic mass is 16.6. The summed E-state index contributed by atoms with van der Waals surface area (Å²) in [5.74, 6) is 0.714. The Morgan fingerprint density at radius 2 is 2.00 bits per heavy atom. The molecule has 3 fully saturated rings. The summed E-state index contributed by atoms with van der Waals surface area (Å²) in [6.45, 7) is 7.85. The second-order valence-corrected chi connectivity index (χ2v) is 6.68. The maximum atomic E-state index is 10.9. The zero-order chi connectivity index (χ0) is 10.9. The highest BCUT2D eigenvalue weighted by molar-refractivity contribution is 5.18. The van der Waals surface area contributed by atoms with Gasteiger partial charge >= 0.3 is 0 Å². The first-order valence-corrected chi connectivity index (χ1v) is 6.23. The van der Waals surface area contributed by atoms with Gasteiger partial charge in [-0.2, -0.15) is 0 Å². The summed E-state index contributed by atoms with van der Waals surface area (Å²) >= 11 is 0. The molecular formula is C13H22O2. The number of epoxide rings is 1. The van der Waals surface area contributed by atoms with E-state index in [0.717, 1.165) is 19.4 Å². The summed E-state index contributed by atoms with van der Waals surface area (Å²) in [5.41, 5.74) is -0.0478. The van der Waals surface area contributed by atoms with E-state index < -0.39 is 5.60 Å². The van der Waals surface area contributed by atoms with Crippen molar-refractivity contribution in [2.45, 2.75) is 58.2 Å². The van der Waals surface area contributed by atoms with Gasteiger partial charge in [0.1, 0.15) is 0 Å². The molecule has 0 amide bonds. The van der Waals surface area contributed by atoms with Crippen LogP contribution in [-0.2, 0) is 4.74 Å². The third kappa shape index (κ3) is 1.07. The number of hydrogen-bond donors (Lipinski definition) is 1. The smallest absolute Gasteiger partial charge is 0.0837 e. The third-order valence-electron chi connectivity index (χ3n) is 6.01. The Balaban J connectivity index is 1.93. The summed E-state index contributed by atoms with van der Waals surface area (Å²) in [6, 6.07) is 0. The number of fused-ring (bicyclic) bond motifs is 2. The Hall–Kier alpha value is -0.0800. The van der Waals surface area contributed by atoms with Crippen molar-refractivity contribution < 1.29 is 9.84 Å². The molecule has 2 saturated carbocycles. The van der Waals surface area contributed by atoms with E-state index in [1.807, 2.05) is 0 Å². The van der Waals surface area contributed by atoms with Crippen LogP contribution in [0.15, 0.2) is 0 Å². The highest BCUT2D eigenvalue weighted by Crippen LogP contribution is 2.70. The Morgan fingerprint density at radius 3 is 2.40 bits per heavy atom. The van der Waals surface area contributed by atoms with Crippen molar-refractivity contribution in [3.8, 4) is 0 Å². The average molecular weight is 210 g/mol. The first-order valence-electron chi connectivity index (χ1n) is 6.23. The van der Waals surface area contributed by atoms with Gasteiger partial charge in [0, 0.05) is 11.8 Å². The molecule has 0 aromatic carbocycles. The van der Waals surface area contributed by atoms with Crippen LogP contribution in [0.25, 0.3) is 0 Å². The molecule has 2 bridgehead atoms. The molecule has 1 aliphatic heterocycles. The van der Waals surface area contributed by atoms with Crippen molar-refractivity contribution >= 4 is 0 Å². The third-order valence-corrected chi connectivity index (χ3v) is 6.01. The Morgan fingerprint density at radius 1 is 1.33 bits per heavy atom. The molecule has 0 spiro atoms. The van der Waals surface area contributed by atoms with Crippen LogP contribution in [0.4, 0.5) is 0 Å². The molecule has 1 heterocycles. The van der Waals surface area contributed by atoms with Crippen LogP contribution in [0, 0.1) is 16.7 Å². The van der Waals surface area contributed by atoms with Gasteiger partial charge in [-0.05, 0) is 30.6 Å². The molecule has 1 saturated heterocycles. The monoisotopic (exact) mass is 210 g/mol. The minimum absolute atomic E-state index is 0.108. The maximum absolute atomic E-state index is 10.9. The van der Waals surface area contributed by atoms with Crippen LogP contribution in [0.2, 0.25) is 0 Å². The molecule has 4 atom stereocenters. The first-order chi connectivity index (χ1) is 6.89. The van der Waals surface area contributed by atoms with E-state index in [9.17, 15) is 5.11 Å². The zero-order valence-electron chi connectivity index (χ0n) is 10.0. The fraction of sp³-hybridized carbons (Fsp3) is 1.00. The lowest BCUT2D eigenvalue weighted by Crippen LogP contribution is -2.48. The van der Waals surface area contributed by atoms with E-state index in [-0.39, 0.29) is 5.41 Å². The molecule has 2 nitrogen and oxygen atoms in total. The average Bonchev–Trinajstić information content (AvgIpc) is 2.87. The molecule has 3 aliphatic rings. The van der Waals surface area contributed by atoms with Gasteiger partial charge in [-0.15, -0.1) is 0 Å². The Kier molecular flexibility index (Phi) is 1.75. The molecule has 0 radical (unpaired) electrons. The summed E-state index contributed by atoms with van der Waals surface area (Å²) in [4.78, 5) is 0. The predicted molar refractivity (Wildman–Crippen MR) is 58.5 cm³/mol. The quantitative estimate of drug-likeness (QED) is 0.710.